The maximum absolute atomic E-state index is 12.6. The fourth-order valence-corrected chi connectivity index (χ4v) is 4.20. The lowest BCUT2D eigenvalue weighted by Crippen LogP contribution is -2.35. The van der Waals surface area contributed by atoms with Crippen LogP contribution in [0, 0.1) is 18.8 Å². The lowest BCUT2D eigenvalue weighted by molar-refractivity contribution is 0.350. The number of hydrogen-bond donors (Lipinski definition) is 1. The van der Waals surface area contributed by atoms with E-state index in [2.05, 4.69) is 11.8 Å². The van der Waals surface area contributed by atoms with Crippen molar-refractivity contribution in [1.82, 2.24) is 4.31 Å². The van der Waals surface area contributed by atoms with Gasteiger partial charge in [0.15, 0.2) is 0 Å². The maximum atomic E-state index is 12.6. The number of aryl methyl sites for hydroxylation is 1. The van der Waals surface area contributed by atoms with E-state index in [4.69, 9.17) is 5.11 Å². The van der Waals surface area contributed by atoms with Gasteiger partial charge >= 0.3 is 0 Å². The van der Waals surface area contributed by atoms with Gasteiger partial charge in [-0.25, -0.2) is 8.42 Å². The van der Waals surface area contributed by atoms with Gasteiger partial charge in [-0.2, -0.15) is 4.31 Å². The first kappa shape index (κ1) is 16.0. The Morgan fingerprint density at radius 3 is 2.57 bits per heavy atom. The summed E-state index contributed by atoms with van der Waals surface area (Å²) in [6.07, 6.45) is 4.07. The zero-order chi connectivity index (χ0) is 15.5. The summed E-state index contributed by atoms with van der Waals surface area (Å²) in [4.78, 5) is 0.309. The van der Waals surface area contributed by atoms with Gasteiger partial charge in [0.1, 0.15) is 6.61 Å². The minimum Gasteiger partial charge on any atom is -0.384 e. The molecular formula is C16H21NO3S. The summed E-state index contributed by atoms with van der Waals surface area (Å²) in [7, 11) is -1.78. The van der Waals surface area contributed by atoms with Crippen LogP contribution in [0.5, 0.6) is 0 Å². The van der Waals surface area contributed by atoms with E-state index >= 15 is 0 Å². The molecule has 0 aliphatic heterocycles. The highest BCUT2D eigenvalue weighted by Crippen LogP contribution is 2.27. The molecule has 0 amide bonds. The fraction of sp³-hybridized carbons (Fsp3) is 0.500. The Balaban J connectivity index is 2.30. The van der Waals surface area contributed by atoms with Crippen LogP contribution in [0.3, 0.4) is 0 Å². The van der Waals surface area contributed by atoms with E-state index in [9.17, 15) is 8.42 Å². The predicted molar refractivity (Wildman–Crippen MR) is 82.3 cm³/mol. The number of rotatable bonds is 3. The fourth-order valence-electron chi connectivity index (χ4n) is 2.70. The largest absolute Gasteiger partial charge is 0.384 e. The Bertz CT molecular complexity index is 664. The lowest BCUT2D eigenvalue weighted by atomic mass is 10.1. The van der Waals surface area contributed by atoms with Gasteiger partial charge in [-0.1, -0.05) is 24.7 Å². The Labute approximate surface area is 126 Å². The number of aliphatic hydroxyl groups is 1. The quantitative estimate of drug-likeness (QED) is 0.868. The van der Waals surface area contributed by atoms with Crippen molar-refractivity contribution in [2.24, 2.45) is 0 Å². The molecule has 0 spiro atoms. The highest BCUT2D eigenvalue weighted by Gasteiger charge is 2.30. The molecule has 2 rings (SSSR count). The van der Waals surface area contributed by atoms with E-state index in [1.54, 1.807) is 25.2 Å². The molecular weight excluding hydrogens is 286 g/mol. The van der Waals surface area contributed by atoms with Gasteiger partial charge in [-0.3, -0.25) is 0 Å². The predicted octanol–water partition coefficient (Wildman–Crippen LogP) is 1.90. The first-order valence-electron chi connectivity index (χ1n) is 7.15. The van der Waals surface area contributed by atoms with Crippen molar-refractivity contribution >= 4 is 10.0 Å². The van der Waals surface area contributed by atoms with Gasteiger partial charge in [0, 0.05) is 18.7 Å². The second-order valence-corrected chi connectivity index (χ2v) is 7.39. The minimum absolute atomic E-state index is 0.115. The number of aliphatic hydroxyl groups excluding tert-OH is 1. The van der Waals surface area contributed by atoms with Crippen molar-refractivity contribution in [1.29, 1.82) is 0 Å². The van der Waals surface area contributed by atoms with E-state index in [1.165, 1.54) is 4.31 Å². The van der Waals surface area contributed by atoms with Crippen molar-refractivity contribution in [3.8, 4) is 11.8 Å². The van der Waals surface area contributed by atoms with Gasteiger partial charge in [0.25, 0.3) is 0 Å². The monoisotopic (exact) mass is 307 g/mol. The molecule has 1 aromatic rings. The molecule has 1 aliphatic rings. The normalized spacial score (nSPS) is 16.0. The topological polar surface area (TPSA) is 57.6 Å². The number of hydrogen-bond acceptors (Lipinski definition) is 3. The molecule has 0 unspecified atom stereocenters. The van der Waals surface area contributed by atoms with Gasteiger partial charge < -0.3 is 5.11 Å². The number of benzene rings is 1. The van der Waals surface area contributed by atoms with Crippen LogP contribution in [0.15, 0.2) is 23.1 Å². The first-order chi connectivity index (χ1) is 9.96. The molecule has 0 heterocycles. The molecule has 1 aromatic carbocycles. The summed E-state index contributed by atoms with van der Waals surface area (Å²) in [6.45, 7) is 1.62. The highest BCUT2D eigenvalue weighted by molar-refractivity contribution is 7.89. The molecule has 1 fully saturated rings. The molecule has 0 bridgehead atoms. The van der Waals surface area contributed by atoms with Crippen molar-refractivity contribution in [2.75, 3.05) is 13.7 Å². The highest BCUT2D eigenvalue weighted by atomic mass is 32.2. The average Bonchev–Trinajstić information content (AvgIpc) is 2.99. The zero-order valence-corrected chi connectivity index (χ0v) is 13.3. The molecule has 4 nitrogen and oxygen atoms in total. The van der Waals surface area contributed by atoms with Crippen molar-refractivity contribution in [3.05, 3.63) is 29.3 Å². The van der Waals surface area contributed by atoms with Gasteiger partial charge in [0.2, 0.25) is 10.0 Å². The Morgan fingerprint density at radius 1 is 1.33 bits per heavy atom. The molecule has 1 aliphatic carbocycles. The summed E-state index contributed by atoms with van der Waals surface area (Å²) >= 11 is 0. The van der Waals surface area contributed by atoms with E-state index in [0.717, 1.165) is 36.8 Å². The molecule has 21 heavy (non-hydrogen) atoms. The number of sulfonamides is 1. The second-order valence-electron chi connectivity index (χ2n) is 5.40. The third kappa shape index (κ3) is 3.46. The average molecular weight is 307 g/mol. The van der Waals surface area contributed by atoms with E-state index < -0.39 is 10.0 Å². The van der Waals surface area contributed by atoms with E-state index in [-0.39, 0.29) is 12.6 Å². The molecule has 0 radical (unpaired) electrons. The van der Waals surface area contributed by atoms with Crippen LogP contribution < -0.4 is 0 Å². The summed E-state index contributed by atoms with van der Waals surface area (Å²) in [5.74, 6) is 5.39. The first-order valence-corrected chi connectivity index (χ1v) is 8.59. The number of nitrogens with zero attached hydrogens (tertiary/aromatic N) is 1. The summed E-state index contributed by atoms with van der Waals surface area (Å²) < 4.78 is 26.8. The van der Waals surface area contributed by atoms with Gasteiger partial charge in [-0.05, 0) is 43.5 Å². The zero-order valence-electron chi connectivity index (χ0n) is 12.5. The summed E-state index contributed by atoms with van der Waals surface area (Å²) in [5.41, 5.74) is 1.54. The van der Waals surface area contributed by atoms with E-state index in [0.29, 0.717) is 4.90 Å². The Kier molecular flexibility index (Phi) is 5.04. The molecule has 1 N–H and O–H groups in total. The molecule has 5 heteroatoms. The van der Waals surface area contributed by atoms with Crippen molar-refractivity contribution < 1.29 is 13.5 Å². The molecule has 0 aromatic heterocycles. The third-order valence-corrected chi connectivity index (χ3v) is 5.92. The van der Waals surface area contributed by atoms with Crippen LogP contribution >= 0.6 is 0 Å². The standard InChI is InChI=1S/C16H21NO3S/c1-13-12-16(10-9-14(13)6-5-11-18)21(19,20)17(2)15-7-3-4-8-15/h9-10,12,15,18H,3-4,7-8,11H2,1-2H3. The third-order valence-electron chi connectivity index (χ3n) is 4.02. The van der Waals surface area contributed by atoms with Crippen LogP contribution in [0.25, 0.3) is 0 Å². The van der Waals surface area contributed by atoms with Crippen LogP contribution in [-0.4, -0.2) is 37.5 Å². The Hall–Kier alpha value is -1.35. The molecule has 114 valence electrons. The van der Waals surface area contributed by atoms with Crippen LogP contribution in [-0.2, 0) is 10.0 Å². The molecule has 1 saturated carbocycles. The van der Waals surface area contributed by atoms with Gasteiger partial charge in [-0.15, -0.1) is 0 Å². The molecule has 0 atom stereocenters. The van der Waals surface area contributed by atoms with E-state index in [1.807, 2.05) is 6.92 Å². The molecule has 0 saturated heterocycles. The summed E-state index contributed by atoms with van der Waals surface area (Å²) in [5, 5.41) is 8.72. The minimum atomic E-state index is -3.45. The van der Waals surface area contributed by atoms with Crippen LogP contribution in [0.4, 0.5) is 0 Å². The van der Waals surface area contributed by atoms with Crippen molar-refractivity contribution in [2.45, 2.75) is 43.5 Å². The van der Waals surface area contributed by atoms with Crippen LogP contribution in [0.1, 0.15) is 36.8 Å². The van der Waals surface area contributed by atoms with Gasteiger partial charge in [0.05, 0.1) is 4.90 Å². The maximum Gasteiger partial charge on any atom is 0.243 e. The smallest absolute Gasteiger partial charge is 0.243 e. The second kappa shape index (κ2) is 6.61. The SMILES string of the molecule is Cc1cc(S(=O)(=O)N(C)C2CCCC2)ccc1C#CCO. The van der Waals surface area contributed by atoms with Crippen molar-refractivity contribution in [3.63, 3.8) is 0 Å². The lowest BCUT2D eigenvalue weighted by Gasteiger charge is -2.23. The van der Waals surface area contributed by atoms with Crippen LogP contribution in [0.2, 0.25) is 0 Å². The Morgan fingerprint density at radius 2 is 2.00 bits per heavy atom. The summed E-state index contributed by atoms with van der Waals surface area (Å²) in [6, 6.07) is 5.06.